The minimum absolute atomic E-state index is 0.150. The normalized spacial score (nSPS) is 9.79. The molecule has 1 heterocycles. The molecule has 0 saturated carbocycles. The summed E-state index contributed by atoms with van der Waals surface area (Å²) in [6.07, 6.45) is 2.34. The number of nitrogens with zero attached hydrogens (tertiary/aromatic N) is 1. The Morgan fingerprint density at radius 3 is 3.07 bits per heavy atom. The number of hydrogen-bond donors (Lipinski definition) is 2. The molecule has 4 nitrogen and oxygen atoms in total. The van der Waals surface area contributed by atoms with Crippen molar-refractivity contribution in [1.82, 2.24) is 4.98 Å². The maximum Gasteiger partial charge on any atom is 0.303 e. The lowest BCUT2D eigenvalue weighted by Crippen LogP contribution is -2.06. The van der Waals surface area contributed by atoms with Crippen LogP contribution in [0.1, 0.15) is 12.8 Å². The van der Waals surface area contributed by atoms with Crippen LogP contribution in [0.15, 0.2) is 18.3 Å². The molecule has 5 heteroatoms. The molecule has 0 aromatic carbocycles. The first-order chi connectivity index (χ1) is 6.70. The zero-order valence-corrected chi connectivity index (χ0v) is 8.29. The third kappa shape index (κ3) is 3.62. The van der Waals surface area contributed by atoms with Crippen molar-refractivity contribution in [1.29, 1.82) is 0 Å². The minimum Gasteiger partial charge on any atom is -0.481 e. The maximum absolute atomic E-state index is 10.2. The van der Waals surface area contributed by atoms with Gasteiger partial charge in [0.1, 0.15) is 5.82 Å². The number of anilines is 1. The van der Waals surface area contributed by atoms with Gasteiger partial charge in [0.05, 0.1) is 5.02 Å². The molecular weight excluding hydrogens is 204 g/mol. The summed E-state index contributed by atoms with van der Waals surface area (Å²) in [7, 11) is 0. The zero-order chi connectivity index (χ0) is 10.4. The molecule has 1 aromatic rings. The van der Waals surface area contributed by atoms with E-state index in [2.05, 4.69) is 10.3 Å². The molecule has 0 radical (unpaired) electrons. The fraction of sp³-hybridized carbons (Fsp3) is 0.333. The van der Waals surface area contributed by atoms with Crippen LogP contribution in [0, 0.1) is 0 Å². The summed E-state index contributed by atoms with van der Waals surface area (Å²) >= 11 is 5.82. The molecule has 0 aliphatic carbocycles. The standard InChI is InChI=1S/C9H11ClN2O2/c10-7-3-1-5-11-9(7)12-6-2-4-8(13)14/h1,3,5H,2,4,6H2,(H,11,12)(H,13,14). The van der Waals surface area contributed by atoms with E-state index in [9.17, 15) is 4.79 Å². The van der Waals surface area contributed by atoms with Crippen molar-refractivity contribution in [2.45, 2.75) is 12.8 Å². The first-order valence-corrected chi connectivity index (χ1v) is 4.64. The van der Waals surface area contributed by atoms with Crippen molar-refractivity contribution in [2.24, 2.45) is 0 Å². The number of carboxylic acid groups (broad SMARTS) is 1. The summed E-state index contributed by atoms with van der Waals surface area (Å²) in [4.78, 5) is 14.2. The van der Waals surface area contributed by atoms with E-state index in [1.807, 2.05) is 0 Å². The number of carbonyl (C=O) groups is 1. The van der Waals surface area contributed by atoms with Gasteiger partial charge in [-0.05, 0) is 18.6 Å². The highest BCUT2D eigenvalue weighted by molar-refractivity contribution is 6.32. The van der Waals surface area contributed by atoms with Gasteiger partial charge in [-0.25, -0.2) is 4.98 Å². The Morgan fingerprint density at radius 2 is 2.43 bits per heavy atom. The fourth-order valence-electron chi connectivity index (χ4n) is 0.962. The zero-order valence-electron chi connectivity index (χ0n) is 7.53. The maximum atomic E-state index is 10.2. The van der Waals surface area contributed by atoms with E-state index in [0.717, 1.165) is 0 Å². The molecule has 0 aliphatic rings. The summed E-state index contributed by atoms with van der Waals surface area (Å²) in [6.45, 7) is 0.559. The third-order valence-electron chi connectivity index (χ3n) is 1.62. The molecular formula is C9H11ClN2O2. The first-order valence-electron chi connectivity index (χ1n) is 4.26. The van der Waals surface area contributed by atoms with Crippen LogP contribution in [0.5, 0.6) is 0 Å². The molecule has 0 aliphatic heterocycles. The van der Waals surface area contributed by atoms with Gasteiger partial charge in [0.15, 0.2) is 0 Å². The van der Waals surface area contributed by atoms with Gasteiger partial charge < -0.3 is 10.4 Å². The van der Waals surface area contributed by atoms with Gasteiger partial charge in [0.2, 0.25) is 0 Å². The molecule has 14 heavy (non-hydrogen) atoms. The highest BCUT2D eigenvalue weighted by atomic mass is 35.5. The highest BCUT2D eigenvalue weighted by Gasteiger charge is 2.00. The third-order valence-corrected chi connectivity index (χ3v) is 1.92. The number of nitrogens with one attached hydrogen (secondary N) is 1. The van der Waals surface area contributed by atoms with Crippen molar-refractivity contribution < 1.29 is 9.90 Å². The van der Waals surface area contributed by atoms with Crippen LogP contribution in [-0.4, -0.2) is 22.6 Å². The van der Waals surface area contributed by atoms with Crippen molar-refractivity contribution >= 4 is 23.4 Å². The Morgan fingerprint density at radius 1 is 1.64 bits per heavy atom. The van der Waals surface area contributed by atoms with E-state index < -0.39 is 5.97 Å². The van der Waals surface area contributed by atoms with E-state index in [4.69, 9.17) is 16.7 Å². The van der Waals surface area contributed by atoms with Gasteiger partial charge in [-0.3, -0.25) is 4.79 Å². The van der Waals surface area contributed by atoms with Crippen LogP contribution >= 0.6 is 11.6 Å². The molecule has 0 bridgehead atoms. The summed E-state index contributed by atoms with van der Waals surface area (Å²) in [5, 5.41) is 11.9. The molecule has 2 N–H and O–H groups in total. The number of halogens is 1. The summed E-state index contributed by atoms with van der Waals surface area (Å²) < 4.78 is 0. The Balaban J connectivity index is 2.31. The molecule has 1 aromatic heterocycles. The Bertz CT molecular complexity index is 317. The highest BCUT2D eigenvalue weighted by Crippen LogP contribution is 2.16. The van der Waals surface area contributed by atoms with Crippen molar-refractivity contribution in [3.8, 4) is 0 Å². The van der Waals surface area contributed by atoms with Crippen LogP contribution < -0.4 is 5.32 Å². The van der Waals surface area contributed by atoms with E-state index in [1.165, 1.54) is 0 Å². The molecule has 0 unspecified atom stereocenters. The van der Waals surface area contributed by atoms with Crippen molar-refractivity contribution in [3.63, 3.8) is 0 Å². The van der Waals surface area contributed by atoms with Crippen molar-refractivity contribution in [2.75, 3.05) is 11.9 Å². The van der Waals surface area contributed by atoms with Gasteiger partial charge in [-0.15, -0.1) is 0 Å². The largest absolute Gasteiger partial charge is 0.481 e. The van der Waals surface area contributed by atoms with Gasteiger partial charge >= 0.3 is 5.97 Å². The lowest BCUT2D eigenvalue weighted by atomic mass is 10.3. The fourth-order valence-corrected chi connectivity index (χ4v) is 1.15. The van der Waals surface area contributed by atoms with E-state index in [0.29, 0.717) is 23.8 Å². The van der Waals surface area contributed by atoms with Crippen LogP contribution in [0.25, 0.3) is 0 Å². The van der Waals surface area contributed by atoms with Gasteiger partial charge in [-0.1, -0.05) is 11.6 Å². The minimum atomic E-state index is -0.793. The Labute approximate surface area is 86.9 Å². The SMILES string of the molecule is O=C(O)CCCNc1ncccc1Cl. The second-order valence-corrected chi connectivity index (χ2v) is 3.17. The molecule has 76 valence electrons. The first kappa shape index (κ1) is 10.8. The Kier molecular flexibility index (Phi) is 4.19. The monoisotopic (exact) mass is 214 g/mol. The smallest absolute Gasteiger partial charge is 0.303 e. The molecule has 0 spiro atoms. The number of aromatic nitrogens is 1. The van der Waals surface area contributed by atoms with E-state index >= 15 is 0 Å². The van der Waals surface area contributed by atoms with Gasteiger partial charge in [0.25, 0.3) is 0 Å². The Hall–Kier alpha value is -1.29. The number of aliphatic carboxylic acids is 1. The number of carboxylic acids is 1. The van der Waals surface area contributed by atoms with E-state index in [-0.39, 0.29) is 6.42 Å². The molecule has 0 fully saturated rings. The van der Waals surface area contributed by atoms with Crippen LogP contribution in [0.3, 0.4) is 0 Å². The summed E-state index contributed by atoms with van der Waals surface area (Å²) in [5.41, 5.74) is 0. The molecule has 0 atom stereocenters. The lowest BCUT2D eigenvalue weighted by Gasteiger charge is -2.05. The predicted octanol–water partition coefficient (Wildman–Crippen LogP) is 2.01. The summed E-state index contributed by atoms with van der Waals surface area (Å²) in [6, 6.07) is 3.47. The lowest BCUT2D eigenvalue weighted by molar-refractivity contribution is -0.137. The second kappa shape index (κ2) is 5.44. The van der Waals surface area contributed by atoms with Crippen LogP contribution in [-0.2, 0) is 4.79 Å². The second-order valence-electron chi connectivity index (χ2n) is 2.76. The van der Waals surface area contributed by atoms with Crippen LogP contribution in [0.2, 0.25) is 5.02 Å². The molecule has 0 saturated heterocycles. The predicted molar refractivity (Wildman–Crippen MR) is 54.6 cm³/mol. The topological polar surface area (TPSA) is 62.2 Å². The summed E-state index contributed by atoms with van der Waals surface area (Å²) in [5.74, 6) is -0.196. The molecule has 1 rings (SSSR count). The average molecular weight is 215 g/mol. The number of rotatable bonds is 5. The molecule has 0 amide bonds. The number of pyridine rings is 1. The quantitative estimate of drug-likeness (QED) is 0.736. The number of hydrogen-bond acceptors (Lipinski definition) is 3. The van der Waals surface area contributed by atoms with Gasteiger partial charge in [-0.2, -0.15) is 0 Å². The van der Waals surface area contributed by atoms with Crippen molar-refractivity contribution in [3.05, 3.63) is 23.4 Å². The average Bonchev–Trinajstić information content (AvgIpc) is 2.15. The van der Waals surface area contributed by atoms with E-state index in [1.54, 1.807) is 18.3 Å². The van der Waals surface area contributed by atoms with Crippen LogP contribution in [0.4, 0.5) is 5.82 Å². The van der Waals surface area contributed by atoms with Gasteiger partial charge in [0, 0.05) is 19.2 Å².